The number of carbonyl (C=O) groups excluding carboxylic acids is 1. The SMILES string of the molecule is Cn1ccnc1C=CC(=O)c1ccc(Br)cc1. The van der Waals surface area contributed by atoms with Gasteiger partial charge in [-0.15, -0.1) is 0 Å². The highest BCUT2D eigenvalue weighted by atomic mass is 79.9. The van der Waals surface area contributed by atoms with Crippen molar-refractivity contribution in [3.05, 3.63) is 58.6 Å². The van der Waals surface area contributed by atoms with E-state index in [2.05, 4.69) is 20.9 Å². The van der Waals surface area contributed by atoms with Crippen LogP contribution in [-0.2, 0) is 7.05 Å². The maximum atomic E-state index is 11.8. The monoisotopic (exact) mass is 290 g/mol. The first-order valence-corrected chi connectivity index (χ1v) is 5.91. The van der Waals surface area contributed by atoms with E-state index in [0.29, 0.717) is 5.56 Å². The molecule has 0 saturated heterocycles. The van der Waals surface area contributed by atoms with E-state index in [1.54, 1.807) is 24.4 Å². The van der Waals surface area contributed by atoms with Gasteiger partial charge in [-0.3, -0.25) is 4.79 Å². The van der Waals surface area contributed by atoms with Gasteiger partial charge in [0.1, 0.15) is 5.82 Å². The quantitative estimate of drug-likeness (QED) is 0.643. The number of aryl methyl sites for hydroxylation is 1. The van der Waals surface area contributed by atoms with E-state index in [1.807, 2.05) is 29.9 Å². The first-order valence-electron chi connectivity index (χ1n) is 5.12. The van der Waals surface area contributed by atoms with Crippen LogP contribution in [0.1, 0.15) is 16.2 Å². The van der Waals surface area contributed by atoms with E-state index >= 15 is 0 Å². The molecular weight excluding hydrogens is 280 g/mol. The van der Waals surface area contributed by atoms with Crippen LogP contribution in [0.4, 0.5) is 0 Å². The molecule has 0 spiro atoms. The van der Waals surface area contributed by atoms with Crippen molar-refractivity contribution < 1.29 is 4.79 Å². The van der Waals surface area contributed by atoms with E-state index in [4.69, 9.17) is 0 Å². The predicted molar refractivity (Wildman–Crippen MR) is 70.7 cm³/mol. The zero-order chi connectivity index (χ0) is 12.3. The molecule has 0 atom stereocenters. The number of nitrogens with zero attached hydrogens (tertiary/aromatic N) is 2. The molecule has 0 fully saturated rings. The Bertz CT molecular complexity index is 555. The Kier molecular flexibility index (Phi) is 3.54. The number of imidazole rings is 1. The topological polar surface area (TPSA) is 34.9 Å². The first kappa shape index (κ1) is 11.8. The lowest BCUT2D eigenvalue weighted by molar-refractivity contribution is 0.104. The van der Waals surface area contributed by atoms with Crippen molar-refractivity contribution in [2.24, 2.45) is 7.05 Å². The van der Waals surface area contributed by atoms with Crippen molar-refractivity contribution >= 4 is 27.8 Å². The third-order valence-electron chi connectivity index (χ3n) is 2.37. The van der Waals surface area contributed by atoms with Gasteiger partial charge in [0.05, 0.1) is 0 Å². The standard InChI is InChI=1S/C13H11BrN2O/c1-16-9-8-15-13(16)7-6-12(17)10-2-4-11(14)5-3-10/h2-9H,1H3. The van der Waals surface area contributed by atoms with Crippen LogP contribution in [0.5, 0.6) is 0 Å². The summed E-state index contributed by atoms with van der Waals surface area (Å²) in [7, 11) is 1.89. The van der Waals surface area contributed by atoms with Gasteiger partial charge in [-0.2, -0.15) is 0 Å². The summed E-state index contributed by atoms with van der Waals surface area (Å²) in [5, 5.41) is 0. The van der Waals surface area contributed by atoms with Gasteiger partial charge in [0.25, 0.3) is 0 Å². The lowest BCUT2D eigenvalue weighted by Crippen LogP contribution is -1.95. The Labute approximate surface area is 108 Å². The molecular formula is C13H11BrN2O. The molecule has 2 aromatic rings. The zero-order valence-corrected chi connectivity index (χ0v) is 10.9. The van der Waals surface area contributed by atoms with Crippen molar-refractivity contribution in [3.8, 4) is 0 Å². The van der Waals surface area contributed by atoms with E-state index in [0.717, 1.165) is 10.3 Å². The minimum Gasteiger partial charge on any atom is -0.335 e. The fraction of sp³-hybridized carbons (Fsp3) is 0.0769. The Morgan fingerprint density at radius 3 is 2.65 bits per heavy atom. The minimum atomic E-state index is -0.0273. The molecule has 0 radical (unpaired) electrons. The maximum absolute atomic E-state index is 11.8. The molecule has 17 heavy (non-hydrogen) atoms. The summed E-state index contributed by atoms with van der Waals surface area (Å²) in [6, 6.07) is 7.27. The second-order valence-electron chi connectivity index (χ2n) is 3.60. The summed E-state index contributed by atoms with van der Waals surface area (Å²) in [4.78, 5) is 15.9. The van der Waals surface area contributed by atoms with E-state index in [9.17, 15) is 4.79 Å². The summed E-state index contributed by atoms with van der Waals surface area (Å²) >= 11 is 3.33. The number of allylic oxidation sites excluding steroid dienone is 1. The highest BCUT2D eigenvalue weighted by Crippen LogP contribution is 2.11. The maximum Gasteiger partial charge on any atom is 0.185 e. The van der Waals surface area contributed by atoms with Crippen LogP contribution < -0.4 is 0 Å². The summed E-state index contributed by atoms with van der Waals surface area (Å²) in [5.41, 5.74) is 0.665. The van der Waals surface area contributed by atoms with Gasteiger partial charge in [-0.25, -0.2) is 4.98 Å². The van der Waals surface area contributed by atoms with Crippen LogP contribution in [0.25, 0.3) is 6.08 Å². The fourth-order valence-electron chi connectivity index (χ4n) is 1.40. The van der Waals surface area contributed by atoms with Gasteiger partial charge in [-0.1, -0.05) is 15.9 Å². The van der Waals surface area contributed by atoms with Gasteiger partial charge in [-0.05, 0) is 36.4 Å². The van der Waals surface area contributed by atoms with Crippen LogP contribution >= 0.6 is 15.9 Å². The largest absolute Gasteiger partial charge is 0.335 e. The van der Waals surface area contributed by atoms with Crippen molar-refractivity contribution in [1.29, 1.82) is 0 Å². The van der Waals surface area contributed by atoms with Gasteiger partial charge in [0.15, 0.2) is 5.78 Å². The van der Waals surface area contributed by atoms with Gasteiger partial charge in [0, 0.05) is 29.5 Å². The molecule has 0 aliphatic heterocycles. The van der Waals surface area contributed by atoms with Crippen LogP contribution in [0.15, 0.2) is 47.2 Å². The third-order valence-corrected chi connectivity index (χ3v) is 2.90. The molecule has 0 amide bonds. The number of rotatable bonds is 3. The third kappa shape index (κ3) is 2.91. The summed E-state index contributed by atoms with van der Waals surface area (Å²) in [6.45, 7) is 0. The predicted octanol–water partition coefficient (Wildman–Crippen LogP) is 3.08. The number of ketones is 1. The highest BCUT2D eigenvalue weighted by molar-refractivity contribution is 9.10. The smallest absolute Gasteiger partial charge is 0.185 e. The van der Waals surface area contributed by atoms with Crippen LogP contribution in [0, 0.1) is 0 Å². The average molecular weight is 291 g/mol. The molecule has 0 aliphatic carbocycles. The average Bonchev–Trinajstić information content (AvgIpc) is 2.73. The van der Waals surface area contributed by atoms with Gasteiger partial charge in [0.2, 0.25) is 0 Å². The van der Waals surface area contributed by atoms with Crippen molar-refractivity contribution in [2.45, 2.75) is 0 Å². The van der Waals surface area contributed by atoms with Crippen molar-refractivity contribution in [2.75, 3.05) is 0 Å². The van der Waals surface area contributed by atoms with Crippen molar-refractivity contribution in [1.82, 2.24) is 9.55 Å². The molecule has 86 valence electrons. The summed E-state index contributed by atoms with van der Waals surface area (Å²) in [6.07, 6.45) is 6.78. The lowest BCUT2D eigenvalue weighted by Gasteiger charge is -1.96. The number of hydrogen-bond donors (Lipinski definition) is 0. The number of carbonyl (C=O) groups is 1. The molecule has 3 nitrogen and oxygen atoms in total. The Morgan fingerprint density at radius 2 is 2.06 bits per heavy atom. The summed E-state index contributed by atoms with van der Waals surface area (Å²) < 4.78 is 2.81. The number of halogens is 1. The molecule has 2 rings (SSSR count). The fourth-order valence-corrected chi connectivity index (χ4v) is 1.66. The molecule has 1 heterocycles. The molecule has 0 aliphatic rings. The molecule has 1 aromatic heterocycles. The second kappa shape index (κ2) is 5.10. The van der Waals surface area contributed by atoms with E-state index < -0.39 is 0 Å². The van der Waals surface area contributed by atoms with Crippen LogP contribution in [-0.4, -0.2) is 15.3 Å². The number of hydrogen-bond acceptors (Lipinski definition) is 2. The van der Waals surface area contributed by atoms with E-state index in [1.165, 1.54) is 6.08 Å². The summed E-state index contributed by atoms with van der Waals surface area (Å²) in [5.74, 6) is 0.732. The van der Waals surface area contributed by atoms with Crippen LogP contribution in [0.3, 0.4) is 0 Å². The van der Waals surface area contributed by atoms with E-state index in [-0.39, 0.29) is 5.78 Å². The molecule has 4 heteroatoms. The normalized spacial score (nSPS) is 10.9. The Balaban J connectivity index is 2.14. The lowest BCUT2D eigenvalue weighted by atomic mass is 10.1. The highest BCUT2D eigenvalue weighted by Gasteiger charge is 2.01. The zero-order valence-electron chi connectivity index (χ0n) is 9.30. The Morgan fingerprint density at radius 1 is 1.35 bits per heavy atom. The molecule has 0 N–H and O–H groups in total. The second-order valence-corrected chi connectivity index (χ2v) is 4.52. The first-order chi connectivity index (χ1) is 8.16. The Hall–Kier alpha value is -1.68. The number of benzene rings is 1. The van der Waals surface area contributed by atoms with Gasteiger partial charge >= 0.3 is 0 Å². The van der Waals surface area contributed by atoms with Crippen molar-refractivity contribution in [3.63, 3.8) is 0 Å². The molecule has 1 aromatic carbocycles. The minimum absolute atomic E-state index is 0.0273. The molecule has 0 saturated carbocycles. The van der Waals surface area contributed by atoms with Crippen LogP contribution in [0.2, 0.25) is 0 Å². The molecule has 0 unspecified atom stereocenters. The molecule has 0 bridgehead atoms. The number of aromatic nitrogens is 2. The van der Waals surface area contributed by atoms with Gasteiger partial charge < -0.3 is 4.57 Å².